The molecule has 8 nitrogen and oxygen atoms in total. The van der Waals surface area contributed by atoms with Crippen LogP contribution in [0.15, 0.2) is 36.5 Å². The van der Waals surface area contributed by atoms with Gasteiger partial charge in [0.05, 0.1) is 0 Å². The number of urea groups is 1. The Morgan fingerprint density at radius 3 is 2.84 bits per heavy atom. The summed E-state index contributed by atoms with van der Waals surface area (Å²) in [4.78, 5) is 14.2. The largest absolute Gasteiger partial charge is 0.473 e. The highest BCUT2D eigenvalue weighted by molar-refractivity contribution is 5.89. The molecule has 4 rings (SSSR count). The quantitative estimate of drug-likeness (QED) is 0.921. The van der Waals surface area contributed by atoms with Crippen molar-refractivity contribution in [3.8, 4) is 17.4 Å². The van der Waals surface area contributed by atoms with Crippen molar-refractivity contribution in [2.45, 2.75) is 18.9 Å². The molecule has 8 heteroatoms. The van der Waals surface area contributed by atoms with Gasteiger partial charge in [-0.3, -0.25) is 0 Å². The van der Waals surface area contributed by atoms with E-state index in [4.69, 9.17) is 14.2 Å². The number of nitrogens with zero attached hydrogens (tertiary/aromatic N) is 3. The van der Waals surface area contributed by atoms with Crippen molar-refractivity contribution in [1.82, 2.24) is 15.1 Å². The standard InChI is InChI=1S/C17H18N4O4/c22-17(19-12-3-4-14-15(10-12)24-11-23-14)21-8-5-13(6-9-21)25-16-2-1-7-18-20-16/h1-4,7,10,13H,5-6,8-9,11H2,(H,19,22). The Morgan fingerprint density at radius 2 is 2.04 bits per heavy atom. The van der Waals surface area contributed by atoms with Crippen molar-refractivity contribution < 1.29 is 19.0 Å². The molecule has 0 aliphatic carbocycles. The van der Waals surface area contributed by atoms with Crippen molar-refractivity contribution in [2.24, 2.45) is 0 Å². The second kappa shape index (κ2) is 6.84. The minimum atomic E-state index is -0.128. The molecule has 0 unspecified atom stereocenters. The smallest absolute Gasteiger partial charge is 0.321 e. The van der Waals surface area contributed by atoms with E-state index in [1.807, 2.05) is 0 Å². The number of aromatic nitrogens is 2. The van der Waals surface area contributed by atoms with Crippen molar-refractivity contribution in [3.05, 3.63) is 36.5 Å². The van der Waals surface area contributed by atoms with Gasteiger partial charge in [0.1, 0.15) is 6.10 Å². The summed E-state index contributed by atoms with van der Waals surface area (Å²) in [5, 5.41) is 10.6. The summed E-state index contributed by atoms with van der Waals surface area (Å²) < 4.78 is 16.4. The van der Waals surface area contributed by atoms with Gasteiger partial charge in [-0.1, -0.05) is 0 Å². The van der Waals surface area contributed by atoms with E-state index < -0.39 is 0 Å². The van der Waals surface area contributed by atoms with Crippen molar-refractivity contribution >= 4 is 11.7 Å². The first-order chi connectivity index (χ1) is 12.3. The minimum Gasteiger partial charge on any atom is -0.473 e. The van der Waals surface area contributed by atoms with E-state index >= 15 is 0 Å². The maximum absolute atomic E-state index is 12.4. The van der Waals surface area contributed by atoms with Crippen molar-refractivity contribution in [3.63, 3.8) is 0 Å². The van der Waals surface area contributed by atoms with Gasteiger partial charge in [0.15, 0.2) is 11.5 Å². The molecular weight excluding hydrogens is 324 g/mol. The lowest BCUT2D eigenvalue weighted by Crippen LogP contribution is -2.43. The van der Waals surface area contributed by atoms with Crippen LogP contribution in [0.25, 0.3) is 0 Å². The Hall–Kier alpha value is -3.03. The normalized spacial score (nSPS) is 16.6. The highest BCUT2D eigenvalue weighted by Crippen LogP contribution is 2.34. The average Bonchev–Trinajstić information content (AvgIpc) is 3.11. The first-order valence-corrected chi connectivity index (χ1v) is 8.18. The van der Waals surface area contributed by atoms with Gasteiger partial charge in [-0.2, -0.15) is 5.10 Å². The lowest BCUT2D eigenvalue weighted by atomic mass is 10.1. The molecule has 2 aliphatic heterocycles. The number of likely N-dealkylation sites (tertiary alicyclic amines) is 1. The predicted molar refractivity (Wildman–Crippen MR) is 88.8 cm³/mol. The maximum atomic E-state index is 12.4. The number of rotatable bonds is 3. The summed E-state index contributed by atoms with van der Waals surface area (Å²) in [5.41, 5.74) is 0.687. The molecule has 0 spiro atoms. The molecule has 1 fully saturated rings. The molecule has 2 amide bonds. The third kappa shape index (κ3) is 3.57. The Bertz CT molecular complexity index is 748. The zero-order valence-corrected chi connectivity index (χ0v) is 13.6. The molecule has 0 radical (unpaired) electrons. The fourth-order valence-corrected chi connectivity index (χ4v) is 2.87. The topological polar surface area (TPSA) is 85.8 Å². The minimum absolute atomic E-state index is 0.0475. The van der Waals surface area contributed by atoms with Gasteiger partial charge in [0.25, 0.3) is 0 Å². The molecule has 0 atom stereocenters. The third-order valence-electron chi connectivity index (χ3n) is 4.19. The lowest BCUT2D eigenvalue weighted by Gasteiger charge is -2.31. The molecule has 0 saturated carbocycles. The number of ether oxygens (including phenoxy) is 3. The highest BCUT2D eigenvalue weighted by atomic mass is 16.7. The van der Waals surface area contributed by atoms with E-state index in [1.54, 1.807) is 41.4 Å². The molecule has 1 N–H and O–H groups in total. The fraction of sp³-hybridized carbons (Fsp3) is 0.353. The van der Waals surface area contributed by atoms with E-state index in [0.29, 0.717) is 36.2 Å². The van der Waals surface area contributed by atoms with Gasteiger partial charge in [-0.05, 0) is 18.2 Å². The van der Waals surface area contributed by atoms with Gasteiger partial charge in [0.2, 0.25) is 12.7 Å². The van der Waals surface area contributed by atoms with Gasteiger partial charge >= 0.3 is 6.03 Å². The Morgan fingerprint density at radius 1 is 1.20 bits per heavy atom. The van der Waals surface area contributed by atoms with E-state index in [-0.39, 0.29) is 18.9 Å². The second-order valence-electron chi connectivity index (χ2n) is 5.86. The van der Waals surface area contributed by atoms with Crippen LogP contribution in [0.1, 0.15) is 12.8 Å². The number of amides is 2. The maximum Gasteiger partial charge on any atom is 0.321 e. The number of piperidine rings is 1. The monoisotopic (exact) mass is 342 g/mol. The SMILES string of the molecule is O=C(Nc1ccc2c(c1)OCO2)N1CCC(Oc2cccnn2)CC1. The fourth-order valence-electron chi connectivity index (χ4n) is 2.87. The highest BCUT2D eigenvalue weighted by Gasteiger charge is 2.24. The molecule has 2 aliphatic rings. The first kappa shape index (κ1) is 15.5. The van der Waals surface area contributed by atoms with Crippen LogP contribution in [0.3, 0.4) is 0 Å². The first-order valence-electron chi connectivity index (χ1n) is 8.18. The number of anilines is 1. The van der Waals surface area contributed by atoms with Gasteiger partial charge in [-0.15, -0.1) is 5.10 Å². The average molecular weight is 342 g/mol. The Kier molecular flexibility index (Phi) is 4.24. The number of carbonyl (C=O) groups excluding carboxylic acids is 1. The summed E-state index contributed by atoms with van der Waals surface area (Å²) in [7, 11) is 0. The number of benzene rings is 1. The van der Waals surface area contributed by atoms with Crippen LogP contribution in [0, 0.1) is 0 Å². The molecule has 0 bridgehead atoms. The van der Waals surface area contributed by atoms with Crippen LogP contribution in [0.4, 0.5) is 10.5 Å². The molecule has 1 aromatic heterocycles. The van der Waals surface area contributed by atoms with E-state index in [2.05, 4.69) is 15.5 Å². The van der Waals surface area contributed by atoms with Gasteiger partial charge in [-0.25, -0.2) is 4.79 Å². The lowest BCUT2D eigenvalue weighted by molar-refractivity contribution is 0.110. The number of fused-ring (bicyclic) bond motifs is 1. The number of carbonyl (C=O) groups is 1. The van der Waals surface area contributed by atoms with Crippen LogP contribution in [0.5, 0.6) is 17.4 Å². The van der Waals surface area contributed by atoms with Crippen molar-refractivity contribution in [2.75, 3.05) is 25.2 Å². The van der Waals surface area contributed by atoms with E-state index in [1.165, 1.54) is 0 Å². The predicted octanol–water partition coefficient (Wildman–Crippen LogP) is 2.28. The summed E-state index contributed by atoms with van der Waals surface area (Å²) in [6.07, 6.45) is 3.16. The molecule has 1 saturated heterocycles. The zero-order valence-electron chi connectivity index (χ0n) is 13.6. The summed E-state index contributed by atoms with van der Waals surface area (Å²) in [6.45, 7) is 1.47. The Labute approximate surface area is 144 Å². The summed E-state index contributed by atoms with van der Waals surface area (Å²) in [6, 6.07) is 8.80. The molecule has 25 heavy (non-hydrogen) atoms. The number of hydrogen-bond acceptors (Lipinski definition) is 6. The molecular formula is C17H18N4O4. The number of nitrogens with one attached hydrogen (secondary N) is 1. The third-order valence-corrected chi connectivity index (χ3v) is 4.19. The second-order valence-corrected chi connectivity index (χ2v) is 5.86. The van der Waals surface area contributed by atoms with Crippen LogP contribution in [-0.4, -0.2) is 47.1 Å². The van der Waals surface area contributed by atoms with Crippen LogP contribution in [-0.2, 0) is 0 Å². The molecule has 1 aromatic carbocycles. The molecule has 2 aromatic rings. The van der Waals surface area contributed by atoms with Crippen LogP contribution >= 0.6 is 0 Å². The van der Waals surface area contributed by atoms with Crippen LogP contribution in [0.2, 0.25) is 0 Å². The Balaban J connectivity index is 1.29. The van der Waals surface area contributed by atoms with Crippen molar-refractivity contribution in [1.29, 1.82) is 0 Å². The van der Waals surface area contributed by atoms with Crippen LogP contribution < -0.4 is 19.5 Å². The summed E-state index contributed by atoms with van der Waals surface area (Å²) >= 11 is 0. The summed E-state index contributed by atoms with van der Waals surface area (Å²) in [5.74, 6) is 1.86. The molecule has 3 heterocycles. The van der Waals surface area contributed by atoms with E-state index in [9.17, 15) is 4.79 Å². The molecule has 130 valence electrons. The van der Waals surface area contributed by atoms with E-state index in [0.717, 1.165) is 12.8 Å². The van der Waals surface area contributed by atoms with Gasteiger partial charge < -0.3 is 24.4 Å². The van der Waals surface area contributed by atoms with Gasteiger partial charge in [0, 0.05) is 49.9 Å². The zero-order chi connectivity index (χ0) is 17.1. The number of hydrogen-bond donors (Lipinski definition) is 1.